The Labute approximate surface area is 100 Å². The molecule has 0 fully saturated rings. The largest absolute Gasteiger partial charge is 0.472 e. The van der Waals surface area contributed by atoms with Crippen LogP contribution in [0.15, 0.2) is 28.3 Å². The minimum absolute atomic E-state index is 0.0254. The van der Waals surface area contributed by atoms with Crippen LogP contribution in [0.25, 0.3) is 6.08 Å². The van der Waals surface area contributed by atoms with E-state index in [0.717, 1.165) is 0 Å². The molecular formula is C11H14NO4P. The summed E-state index contributed by atoms with van der Waals surface area (Å²) in [6.07, 6.45) is 4.35. The Morgan fingerprint density at radius 2 is 2.18 bits per heavy atom. The summed E-state index contributed by atoms with van der Waals surface area (Å²) in [5.74, 6) is 0. The van der Waals surface area contributed by atoms with Gasteiger partial charge in [-0.1, -0.05) is 0 Å². The van der Waals surface area contributed by atoms with Crippen molar-refractivity contribution in [3.63, 3.8) is 0 Å². The second-order valence-corrected chi connectivity index (χ2v) is 5.02. The summed E-state index contributed by atoms with van der Waals surface area (Å²) < 4.78 is 27.3. The number of hydrogen-bond donors (Lipinski definition) is 0. The first-order valence-electron chi connectivity index (χ1n) is 5.20. The minimum Gasteiger partial charge on any atom is -0.472 e. The van der Waals surface area contributed by atoms with Crippen molar-refractivity contribution in [2.75, 3.05) is 13.2 Å². The fraction of sp³-hybridized carbons (Fsp3) is 0.364. The molecule has 0 unspecified atom stereocenters. The molecule has 1 heterocycles. The van der Waals surface area contributed by atoms with E-state index < -0.39 is 7.60 Å². The van der Waals surface area contributed by atoms with Gasteiger partial charge in [-0.2, -0.15) is 5.26 Å². The second kappa shape index (κ2) is 6.41. The fourth-order valence-corrected chi connectivity index (χ4v) is 2.67. The van der Waals surface area contributed by atoms with Gasteiger partial charge in [-0.05, 0) is 26.0 Å². The first kappa shape index (κ1) is 13.7. The first-order chi connectivity index (χ1) is 8.16. The third kappa shape index (κ3) is 3.57. The maximum Gasteiger partial charge on any atom is 0.371 e. The summed E-state index contributed by atoms with van der Waals surface area (Å²) in [5, 5.41) is 9.01. The molecule has 6 heteroatoms. The molecule has 92 valence electrons. The molecule has 0 radical (unpaired) electrons. The highest BCUT2D eigenvalue weighted by atomic mass is 31.2. The predicted octanol–water partition coefficient (Wildman–Crippen LogP) is 3.41. The molecule has 5 nitrogen and oxygen atoms in total. The molecule has 1 aromatic heterocycles. The maximum atomic E-state index is 12.3. The highest BCUT2D eigenvalue weighted by Crippen LogP contribution is 2.56. The van der Waals surface area contributed by atoms with Gasteiger partial charge in [-0.3, -0.25) is 4.57 Å². The van der Waals surface area contributed by atoms with E-state index in [9.17, 15) is 4.57 Å². The molecule has 0 aliphatic rings. The van der Waals surface area contributed by atoms with Gasteiger partial charge in [0.05, 0.1) is 25.7 Å². The van der Waals surface area contributed by atoms with Gasteiger partial charge < -0.3 is 13.5 Å². The lowest BCUT2D eigenvalue weighted by molar-refractivity contribution is 0.227. The van der Waals surface area contributed by atoms with E-state index in [1.165, 1.54) is 18.6 Å². The van der Waals surface area contributed by atoms with Gasteiger partial charge in [0.25, 0.3) is 0 Å². The normalized spacial score (nSPS) is 12.4. The van der Waals surface area contributed by atoms with Crippen LogP contribution in [0.1, 0.15) is 19.4 Å². The Morgan fingerprint density at radius 1 is 1.53 bits per heavy atom. The Bertz CT molecular complexity index is 448. The molecule has 1 rings (SSSR count). The molecule has 0 spiro atoms. The lowest BCUT2D eigenvalue weighted by atomic mass is 10.3. The van der Waals surface area contributed by atoms with Crippen LogP contribution < -0.4 is 0 Å². The SMILES string of the molecule is CCOP(=O)(OCC)/C(C#N)=C/c1ccoc1. The topological polar surface area (TPSA) is 72.5 Å². The standard InChI is InChI=1S/C11H14NO4P/c1-3-15-17(13,16-4-2)11(8-12)7-10-5-6-14-9-10/h5-7,9H,3-4H2,1-2H3/b11-7+. The third-order valence-corrected chi connectivity index (χ3v) is 3.87. The number of nitriles is 1. The fourth-order valence-electron chi connectivity index (χ4n) is 1.20. The molecule has 0 saturated carbocycles. The van der Waals surface area contributed by atoms with Gasteiger partial charge in [0.15, 0.2) is 0 Å². The van der Waals surface area contributed by atoms with Gasteiger partial charge >= 0.3 is 7.60 Å². The Morgan fingerprint density at radius 3 is 2.59 bits per heavy atom. The zero-order valence-corrected chi connectivity index (χ0v) is 10.6. The molecule has 0 aliphatic heterocycles. The number of rotatable bonds is 6. The van der Waals surface area contributed by atoms with Gasteiger partial charge in [-0.15, -0.1) is 0 Å². The zero-order valence-electron chi connectivity index (χ0n) is 9.75. The molecule has 0 atom stereocenters. The Hall–Kier alpha value is -1.34. The molecule has 0 N–H and O–H groups in total. The van der Waals surface area contributed by atoms with Crippen LogP contribution in [0.4, 0.5) is 0 Å². The van der Waals surface area contributed by atoms with Crippen molar-refractivity contribution in [1.29, 1.82) is 5.26 Å². The van der Waals surface area contributed by atoms with E-state index in [1.807, 2.05) is 6.07 Å². The lowest BCUT2D eigenvalue weighted by Gasteiger charge is -2.15. The van der Waals surface area contributed by atoms with Crippen LogP contribution in [0.3, 0.4) is 0 Å². The van der Waals surface area contributed by atoms with Crippen molar-refractivity contribution in [1.82, 2.24) is 0 Å². The van der Waals surface area contributed by atoms with Crippen molar-refractivity contribution < 1.29 is 18.0 Å². The van der Waals surface area contributed by atoms with Gasteiger partial charge in [-0.25, -0.2) is 0 Å². The summed E-state index contributed by atoms with van der Waals surface area (Å²) >= 11 is 0. The van der Waals surface area contributed by atoms with E-state index in [-0.39, 0.29) is 18.5 Å². The van der Waals surface area contributed by atoms with Crippen molar-refractivity contribution in [3.8, 4) is 6.07 Å². The first-order valence-corrected chi connectivity index (χ1v) is 6.74. The van der Waals surface area contributed by atoms with Crippen molar-refractivity contribution in [3.05, 3.63) is 29.5 Å². The predicted molar refractivity (Wildman–Crippen MR) is 63.2 cm³/mol. The van der Waals surface area contributed by atoms with E-state index in [1.54, 1.807) is 19.9 Å². The second-order valence-electron chi connectivity index (χ2n) is 3.03. The van der Waals surface area contributed by atoms with Gasteiger partial charge in [0, 0.05) is 5.56 Å². The third-order valence-electron chi connectivity index (χ3n) is 1.85. The van der Waals surface area contributed by atoms with Crippen molar-refractivity contribution in [2.24, 2.45) is 0 Å². The van der Waals surface area contributed by atoms with E-state index >= 15 is 0 Å². The van der Waals surface area contributed by atoms with Crippen LogP contribution in [0.2, 0.25) is 0 Å². The molecule has 1 aromatic rings. The van der Waals surface area contributed by atoms with Crippen molar-refractivity contribution in [2.45, 2.75) is 13.8 Å². The minimum atomic E-state index is -3.51. The number of hydrogen-bond acceptors (Lipinski definition) is 5. The average Bonchev–Trinajstić information content (AvgIpc) is 2.79. The maximum absolute atomic E-state index is 12.3. The van der Waals surface area contributed by atoms with Crippen LogP contribution >= 0.6 is 7.60 Å². The lowest BCUT2D eigenvalue weighted by Crippen LogP contribution is -1.97. The molecule has 0 aromatic carbocycles. The molecule has 0 amide bonds. The highest BCUT2D eigenvalue weighted by molar-refractivity contribution is 7.59. The van der Waals surface area contributed by atoms with Crippen LogP contribution in [0.5, 0.6) is 0 Å². The van der Waals surface area contributed by atoms with Crippen molar-refractivity contribution >= 4 is 13.7 Å². The van der Waals surface area contributed by atoms with E-state index in [4.69, 9.17) is 18.7 Å². The Balaban J connectivity index is 3.06. The smallest absolute Gasteiger partial charge is 0.371 e. The van der Waals surface area contributed by atoms with Gasteiger partial charge in [0.1, 0.15) is 11.4 Å². The van der Waals surface area contributed by atoms with E-state index in [2.05, 4.69) is 0 Å². The summed E-state index contributed by atoms with van der Waals surface area (Å²) in [6, 6.07) is 3.51. The summed E-state index contributed by atoms with van der Waals surface area (Å²) in [6.45, 7) is 3.81. The van der Waals surface area contributed by atoms with Gasteiger partial charge in [0.2, 0.25) is 0 Å². The molecular weight excluding hydrogens is 241 g/mol. The molecule has 0 saturated heterocycles. The zero-order chi connectivity index (χ0) is 12.7. The summed E-state index contributed by atoms with van der Waals surface area (Å²) in [4.78, 5) is 0. The molecule has 0 aliphatic carbocycles. The average molecular weight is 255 g/mol. The monoisotopic (exact) mass is 255 g/mol. The van der Waals surface area contributed by atoms with Crippen LogP contribution in [-0.4, -0.2) is 13.2 Å². The number of allylic oxidation sites excluding steroid dienone is 1. The number of furan rings is 1. The molecule has 0 bridgehead atoms. The number of nitrogens with zero attached hydrogens (tertiary/aromatic N) is 1. The van der Waals surface area contributed by atoms with Crippen LogP contribution in [0, 0.1) is 11.3 Å². The van der Waals surface area contributed by atoms with Crippen LogP contribution in [-0.2, 0) is 13.6 Å². The Kier molecular flexibility index (Phi) is 5.17. The summed E-state index contributed by atoms with van der Waals surface area (Å²) in [7, 11) is -3.51. The molecule has 17 heavy (non-hydrogen) atoms. The van der Waals surface area contributed by atoms with E-state index in [0.29, 0.717) is 5.56 Å². The highest BCUT2D eigenvalue weighted by Gasteiger charge is 2.29. The summed E-state index contributed by atoms with van der Waals surface area (Å²) in [5.41, 5.74) is 0.640. The quantitative estimate of drug-likeness (QED) is 0.575.